The van der Waals surface area contributed by atoms with Crippen molar-refractivity contribution in [3.05, 3.63) is 35.0 Å². The Balaban J connectivity index is 1.43. The third-order valence-corrected chi connectivity index (χ3v) is 5.71. The molecule has 1 aliphatic heterocycles. The first-order chi connectivity index (χ1) is 14.6. The molecule has 2 fully saturated rings. The molecule has 4 rings (SSSR count). The van der Waals surface area contributed by atoms with Gasteiger partial charge in [-0.25, -0.2) is 4.98 Å². The summed E-state index contributed by atoms with van der Waals surface area (Å²) in [5.74, 6) is 2.07. The van der Waals surface area contributed by atoms with Gasteiger partial charge in [0.1, 0.15) is 11.3 Å². The zero-order chi connectivity index (χ0) is 21.1. The van der Waals surface area contributed by atoms with Gasteiger partial charge < -0.3 is 24.6 Å². The highest BCUT2D eigenvalue weighted by Crippen LogP contribution is 2.32. The number of anilines is 2. The molecule has 2 aliphatic rings. The summed E-state index contributed by atoms with van der Waals surface area (Å²) in [4.78, 5) is 25.7. The largest absolute Gasteiger partial charge is 0.495 e. The van der Waals surface area contributed by atoms with Crippen LogP contribution < -0.4 is 24.6 Å². The number of nitrogens with zero attached hydrogens (tertiary/aromatic N) is 4. The number of ether oxygens (including phenoxy) is 2. The molecule has 0 unspecified atom stereocenters. The first kappa shape index (κ1) is 20.5. The molecule has 30 heavy (non-hydrogen) atoms. The van der Waals surface area contributed by atoms with Crippen molar-refractivity contribution in [1.82, 2.24) is 15.3 Å². The minimum atomic E-state index is -0.192. The summed E-state index contributed by atoms with van der Waals surface area (Å²) in [7, 11) is 3.18. The van der Waals surface area contributed by atoms with Gasteiger partial charge in [0, 0.05) is 43.9 Å². The average molecular weight is 432 g/mol. The van der Waals surface area contributed by atoms with Crippen molar-refractivity contribution in [2.45, 2.75) is 12.8 Å². The molecule has 9 heteroatoms. The van der Waals surface area contributed by atoms with Crippen LogP contribution in [0.4, 0.5) is 11.6 Å². The van der Waals surface area contributed by atoms with Crippen LogP contribution in [0, 0.1) is 5.92 Å². The van der Waals surface area contributed by atoms with Crippen LogP contribution in [-0.2, 0) is 0 Å². The maximum atomic E-state index is 12.4. The van der Waals surface area contributed by atoms with E-state index < -0.39 is 0 Å². The van der Waals surface area contributed by atoms with E-state index in [-0.39, 0.29) is 5.91 Å². The van der Waals surface area contributed by atoms with Crippen LogP contribution in [-0.4, -0.2) is 62.8 Å². The Morgan fingerprint density at radius 2 is 1.90 bits per heavy atom. The Hall–Kier alpha value is -2.74. The Bertz CT molecular complexity index is 914. The number of hydrogen-bond acceptors (Lipinski definition) is 7. The number of methoxy groups -OCH3 is 2. The van der Waals surface area contributed by atoms with Gasteiger partial charge in [0.25, 0.3) is 5.91 Å². The van der Waals surface area contributed by atoms with E-state index in [9.17, 15) is 4.79 Å². The number of rotatable bonds is 7. The SMILES string of the molecule is COc1ccc(Cl)cc1N1CCN(c2ncc(C(=O)NCC3CC3)c(OC)n2)CC1. The van der Waals surface area contributed by atoms with Gasteiger partial charge in [-0.05, 0) is 37.0 Å². The molecule has 1 amide bonds. The monoisotopic (exact) mass is 431 g/mol. The lowest BCUT2D eigenvalue weighted by atomic mass is 10.2. The topological polar surface area (TPSA) is 79.8 Å². The standard InChI is InChI=1S/C21H26ClN5O3/c1-29-18-6-5-15(22)11-17(18)26-7-9-27(10-8-26)21-24-13-16(20(25-21)30-2)19(28)23-12-14-3-4-14/h5-6,11,13-14H,3-4,7-10,12H2,1-2H3,(H,23,28). The third-order valence-electron chi connectivity index (χ3n) is 5.47. The predicted molar refractivity (Wildman–Crippen MR) is 116 cm³/mol. The van der Waals surface area contributed by atoms with Gasteiger partial charge in [0.2, 0.25) is 11.8 Å². The van der Waals surface area contributed by atoms with E-state index >= 15 is 0 Å². The molecular weight excluding hydrogens is 406 g/mol. The first-order valence-electron chi connectivity index (χ1n) is 10.1. The van der Waals surface area contributed by atoms with Crippen LogP contribution in [0.25, 0.3) is 0 Å². The molecule has 8 nitrogen and oxygen atoms in total. The maximum Gasteiger partial charge on any atom is 0.258 e. The number of nitrogens with one attached hydrogen (secondary N) is 1. The highest BCUT2D eigenvalue weighted by Gasteiger charge is 2.25. The number of aromatic nitrogens is 2. The Labute approximate surface area is 181 Å². The molecule has 2 heterocycles. The fraction of sp³-hybridized carbons (Fsp3) is 0.476. The molecule has 1 saturated heterocycles. The van der Waals surface area contributed by atoms with E-state index in [0.29, 0.717) is 34.9 Å². The fourth-order valence-corrected chi connectivity index (χ4v) is 3.70. The molecule has 1 saturated carbocycles. The van der Waals surface area contributed by atoms with Crippen LogP contribution in [0.2, 0.25) is 5.02 Å². The molecule has 1 N–H and O–H groups in total. The fourth-order valence-electron chi connectivity index (χ4n) is 3.53. The summed E-state index contributed by atoms with van der Waals surface area (Å²) in [6.45, 7) is 3.69. The van der Waals surface area contributed by atoms with Crippen LogP contribution in [0.15, 0.2) is 24.4 Å². The molecule has 0 radical (unpaired) electrons. The number of amides is 1. The van der Waals surface area contributed by atoms with Gasteiger partial charge in [-0.1, -0.05) is 11.6 Å². The Morgan fingerprint density at radius 3 is 2.57 bits per heavy atom. The molecule has 2 aromatic rings. The third kappa shape index (κ3) is 4.53. The van der Waals surface area contributed by atoms with Gasteiger partial charge in [-0.3, -0.25) is 4.79 Å². The molecule has 1 aromatic carbocycles. The normalized spacial score (nSPS) is 16.4. The first-order valence-corrected chi connectivity index (χ1v) is 10.5. The lowest BCUT2D eigenvalue weighted by Gasteiger charge is -2.36. The summed E-state index contributed by atoms with van der Waals surface area (Å²) in [6, 6.07) is 5.62. The minimum Gasteiger partial charge on any atom is -0.495 e. The van der Waals surface area contributed by atoms with Gasteiger partial charge >= 0.3 is 0 Å². The van der Waals surface area contributed by atoms with E-state index in [1.807, 2.05) is 18.2 Å². The highest BCUT2D eigenvalue weighted by molar-refractivity contribution is 6.30. The predicted octanol–water partition coefficient (Wildman–Crippen LogP) is 2.61. The van der Waals surface area contributed by atoms with E-state index in [1.54, 1.807) is 13.3 Å². The summed E-state index contributed by atoms with van der Waals surface area (Å²) in [6.07, 6.45) is 3.91. The lowest BCUT2D eigenvalue weighted by Crippen LogP contribution is -2.47. The summed E-state index contributed by atoms with van der Waals surface area (Å²) >= 11 is 6.18. The smallest absolute Gasteiger partial charge is 0.258 e. The van der Waals surface area contributed by atoms with Crippen molar-refractivity contribution in [2.75, 3.05) is 56.7 Å². The molecule has 1 aliphatic carbocycles. The number of carbonyl (C=O) groups excluding carboxylic acids is 1. The molecule has 0 atom stereocenters. The molecule has 1 aromatic heterocycles. The van der Waals surface area contributed by atoms with Crippen molar-refractivity contribution in [3.63, 3.8) is 0 Å². The van der Waals surface area contributed by atoms with Gasteiger partial charge in [0.15, 0.2) is 0 Å². The number of benzene rings is 1. The number of piperazine rings is 1. The number of halogens is 1. The molecule has 0 spiro atoms. The second-order valence-corrected chi connectivity index (χ2v) is 7.97. The lowest BCUT2D eigenvalue weighted by molar-refractivity contribution is 0.0947. The Morgan fingerprint density at radius 1 is 1.17 bits per heavy atom. The molecule has 0 bridgehead atoms. The van der Waals surface area contributed by atoms with Gasteiger partial charge in [-0.2, -0.15) is 4.98 Å². The van der Waals surface area contributed by atoms with Crippen LogP contribution >= 0.6 is 11.6 Å². The van der Waals surface area contributed by atoms with Crippen molar-refractivity contribution in [2.24, 2.45) is 5.92 Å². The van der Waals surface area contributed by atoms with E-state index in [0.717, 1.165) is 37.6 Å². The number of hydrogen-bond donors (Lipinski definition) is 1. The minimum absolute atomic E-state index is 0.192. The summed E-state index contributed by atoms with van der Waals surface area (Å²) in [5.41, 5.74) is 1.34. The molecule has 160 valence electrons. The highest BCUT2D eigenvalue weighted by atomic mass is 35.5. The van der Waals surface area contributed by atoms with Gasteiger partial charge in [0.05, 0.1) is 19.9 Å². The zero-order valence-corrected chi connectivity index (χ0v) is 18.0. The zero-order valence-electron chi connectivity index (χ0n) is 17.2. The summed E-state index contributed by atoms with van der Waals surface area (Å²) < 4.78 is 10.9. The Kier molecular flexibility index (Phi) is 6.13. The van der Waals surface area contributed by atoms with E-state index in [1.165, 1.54) is 20.0 Å². The van der Waals surface area contributed by atoms with Crippen LogP contribution in [0.5, 0.6) is 11.6 Å². The van der Waals surface area contributed by atoms with Crippen molar-refractivity contribution >= 4 is 29.1 Å². The van der Waals surface area contributed by atoms with Gasteiger partial charge in [-0.15, -0.1) is 0 Å². The van der Waals surface area contributed by atoms with E-state index in [4.69, 9.17) is 21.1 Å². The van der Waals surface area contributed by atoms with Crippen LogP contribution in [0.1, 0.15) is 23.2 Å². The summed E-state index contributed by atoms with van der Waals surface area (Å²) in [5, 5.41) is 3.61. The van der Waals surface area contributed by atoms with E-state index in [2.05, 4.69) is 25.1 Å². The maximum absolute atomic E-state index is 12.4. The van der Waals surface area contributed by atoms with Crippen LogP contribution in [0.3, 0.4) is 0 Å². The average Bonchev–Trinajstić information content (AvgIpc) is 3.61. The second kappa shape index (κ2) is 8.95. The van der Waals surface area contributed by atoms with Crippen molar-refractivity contribution < 1.29 is 14.3 Å². The second-order valence-electron chi connectivity index (χ2n) is 7.54. The quantitative estimate of drug-likeness (QED) is 0.721. The van der Waals surface area contributed by atoms with Crippen molar-refractivity contribution in [3.8, 4) is 11.6 Å². The molecular formula is C21H26ClN5O3. The number of carbonyl (C=O) groups is 1. The van der Waals surface area contributed by atoms with Crippen molar-refractivity contribution in [1.29, 1.82) is 0 Å².